The number of sulfonamides is 1. The molecule has 3 rings (SSSR count). The molecule has 0 saturated heterocycles. The first-order valence-corrected chi connectivity index (χ1v) is 12.7. The zero-order chi connectivity index (χ0) is 25.0. The van der Waals surface area contributed by atoms with Crippen LogP contribution in [0.15, 0.2) is 65.6 Å². The van der Waals surface area contributed by atoms with Crippen molar-refractivity contribution in [2.45, 2.75) is 51.5 Å². The molecule has 0 heterocycles. The van der Waals surface area contributed by atoms with E-state index in [0.29, 0.717) is 11.3 Å². The van der Waals surface area contributed by atoms with Gasteiger partial charge in [0.25, 0.3) is 15.9 Å². The monoisotopic (exact) mass is 480 g/mol. The molecule has 3 aromatic rings. The molecule has 7 heteroatoms. The summed E-state index contributed by atoms with van der Waals surface area (Å²) in [6.45, 7) is 10.1. The largest absolute Gasteiger partial charge is 0.496 e. The van der Waals surface area contributed by atoms with Gasteiger partial charge in [0.05, 0.1) is 18.0 Å². The first kappa shape index (κ1) is 25.3. The Morgan fingerprint density at radius 2 is 1.50 bits per heavy atom. The maximum atomic E-state index is 12.9. The van der Waals surface area contributed by atoms with Crippen molar-refractivity contribution in [1.82, 2.24) is 5.32 Å². The number of aryl methyl sites for hydroxylation is 2. The average Bonchev–Trinajstić information content (AvgIpc) is 2.78. The second-order valence-electron chi connectivity index (χ2n) is 8.80. The zero-order valence-electron chi connectivity index (χ0n) is 20.5. The van der Waals surface area contributed by atoms with E-state index in [4.69, 9.17) is 4.74 Å². The van der Waals surface area contributed by atoms with Gasteiger partial charge in [0.15, 0.2) is 0 Å². The van der Waals surface area contributed by atoms with E-state index in [1.807, 2.05) is 26.8 Å². The first-order valence-electron chi connectivity index (χ1n) is 11.2. The topological polar surface area (TPSA) is 84.5 Å². The molecule has 1 atom stereocenters. The van der Waals surface area contributed by atoms with Gasteiger partial charge < -0.3 is 10.1 Å². The van der Waals surface area contributed by atoms with Gasteiger partial charge >= 0.3 is 0 Å². The summed E-state index contributed by atoms with van der Waals surface area (Å²) in [7, 11) is -2.04. The van der Waals surface area contributed by atoms with Crippen molar-refractivity contribution >= 4 is 21.6 Å². The highest BCUT2D eigenvalue weighted by atomic mass is 32.2. The molecule has 180 valence electrons. The molecule has 1 amide bonds. The van der Waals surface area contributed by atoms with Gasteiger partial charge in [-0.25, -0.2) is 8.42 Å². The van der Waals surface area contributed by atoms with Crippen LogP contribution >= 0.6 is 0 Å². The van der Waals surface area contributed by atoms with E-state index in [2.05, 4.69) is 30.0 Å². The minimum atomic E-state index is -3.70. The molecule has 0 unspecified atom stereocenters. The molecule has 0 aromatic heterocycles. The number of methoxy groups -OCH3 is 1. The van der Waals surface area contributed by atoms with Crippen LogP contribution in [-0.4, -0.2) is 21.4 Å². The van der Waals surface area contributed by atoms with Crippen molar-refractivity contribution in [3.8, 4) is 5.75 Å². The van der Waals surface area contributed by atoms with Crippen LogP contribution < -0.4 is 14.8 Å². The predicted octanol–water partition coefficient (Wildman–Crippen LogP) is 5.73. The van der Waals surface area contributed by atoms with E-state index in [1.54, 1.807) is 55.6 Å². The molecule has 0 bridgehead atoms. The van der Waals surface area contributed by atoms with Gasteiger partial charge in [-0.2, -0.15) is 0 Å². The Hall–Kier alpha value is -3.32. The Balaban J connectivity index is 1.73. The van der Waals surface area contributed by atoms with Crippen LogP contribution in [0.1, 0.15) is 65.3 Å². The van der Waals surface area contributed by atoms with Crippen LogP contribution in [0.5, 0.6) is 5.75 Å². The Morgan fingerprint density at radius 1 is 0.882 bits per heavy atom. The number of nitrogens with one attached hydrogen (secondary N) is 2. The third-order valence-corrected chi connectivity index (χ3v) is 7.18. The molecule has 3 aromatic carbocycles. The Bertz CT molecular complexity index is 1270. The molecular formula is C27H32N2O4S. The van der Waals surface area contributed by atoms with Crippen LogP contribution in [0.4, 0.5) is 5.69 Å². The molecule has 0 radical (unpaired) electrons. The number of rotatable bonds is 8. The van der Waals surface area contributed by atoms with Gasteiger partial charge in [-0.3, -0.25) is 9.52 Å². The fourth-order valence-electron chi connectivity index (χ4n) is 3.79. The molecule has 0 aliphatic heterocycles. The number of hydrogen-bond donors (Lipinski definition) is 2. The van der Waals surface area contributed by atoms with Crippen LogP contribution in [-0.2, 0) is 10.0 Å². The summed E-state index contributed by atoms with van der Waals surface area (Å²) in [5, 5.41) is 3.04. The highest BCUT2D eigenvalue weighted by Crippen LogP contribution is 2.32. The molecule has 0 aliphatic carbocycles. The number of amides is 1. The summed E-state index contributed by atoms with van der Waals surface area (Å²) in [6, 6.07) is 16.9. The lowest BCUT2D eigenvalue weighted by Gasteiger charge is -2.21. The van der Waals surface area contributed by atoms with E-state index in [-0.39, 0.29) is 22.8 Å². The summed E-state index contributed by atoms with van der Waals surface area (Å²) in [5.74, 6) is 0.897. The van der Waals surface area contributed by atoms with Crippen molar-refractivity contribution in [3.05, 3.63) is 88.5 Å². The highest BCUT2D eigenvalue weighted by Gasteiger charge is 2.18. The van der Waals surface area contributed by atoms with E-state index in [1.165, 1.54) is 0 Å². The van der Waals surface area contributed by atoms with Crippen molar-refractivity contribution in [2.75, 3.05) is 11.8 Å². The Morgan fingerprint density at radius 3 is 2.06 bits per heavy atom. The Labute approximate surface area is 202 Å². The third-order valence-electron chi connectivity index (χ3n) is 5.79. The number of benzene rings is 3. The lowest BCUT2D eigenvalue weighted by atomic mass is 9.93. The summed E-state index contributed by atoms with van der Waals surface area (Å²) >= 11 is 0. The van der Waals surface area contributed by atoms with Gasteiger partial charge in [0.2, 0.25) is 0 Å². The fraction of sp³-hybridized carbons (Fsp3) is 0.296. The van der Waals surface area contributed by atoms with Crippen LogP contribution in [0.25, 0.3) is 0 Å². The van der Waals surface area contributed by atoms with Gasteiger partial charge in [-0.1, -0.05) is 31.5 Å². The molecule has 34 heavy (non-hydrogen) atoms. The highest BCUT2D eigenvalue weighted by molar-refractivity contribution is 7.92. The average molecular weight is 481 g/mol. The normalized spacial score (nSPS) is 12.3. The molecule has 0 spiro atoms. The van der Waals surface area contributed by atoms with Crippen molar-refractivity contribution in [1.29, 1.82) is 0 Å². The van der Waals surface area contributed by atoms with E-state index in [9.17, 15) is 13.2 Å². The standard InChI is InChI=1S/C27H32N2O4S/c1-17(2)24-16-25(19(4)15-26(24)33-6)20(5)28-27(30)21-9-11-22(12-10-21)29-34(31,32)23-13-7-18(3)8-14-23/h7-17,20,29H,1-6H3,(H,28,30)/t20-/m1/s1. The fourth-order valence-corrected chi connectivity index (χ4v) is 4.85. The molecule has 0 aliphatic rings. The number of carbonyl (C=O) groups is 1. The molecular weight excluding hydrogens is 448 g/mol. The lowest BCUT2D eigenvalue weighted by molar-refractivity contribution is 0.0940. The Kier molecular flexibility index (Phi) is 7.67. The number of ether oxygens (including phenoxy) is 1. The van der Waals surface area contributed by atoms with Crippen LogP contribution in [0, 0.1) is 13.8 Å². The smallest absolute Gasteiger partial charge is 0.261 e. The van der Waals surface area contributed by atoms with E-state index >= 15 is 0 Å². The van der Waals surface area contributed by atoms with Crippen molar-refractivity contribution in [2.24, 2.45) is 0 Å². The quantitative estimate of drug-likeness (QED) is 0.431. The SMILES string of the molecule is COc1cc(C)c([C@@H](C)NC(=O)c2ccc(NS(=O)(=O)c3ccc(C)cc3)cc2)cc1C(C)C. The lowest BCUT2D eigenvalue weighted by Crippen LogP contribution is -2.27. The predicted molar refractivity (Wildman–Crippen MR) is 136 cm³/mol. The number of anilines is 1. The number of carbonyl (C=O) groups excluding carboxylic acids is 1. The van der Waals surface area contributed by atoms with Crippen LogP contribution in [0.2, 0.25) is 0 Å². The number of hydrogen-bond acceptors (Lipinski definition) is 4. The minimum Gasteiger partial charge on any atom is -0.496 e. The van der Waals surface area contributed by atoms with Gasteiger partial charge in [0, 0.05) is 11.3 Å². The summed E-state index contributed by atoms with van der Waals surface area (Å²) in [5.41, 5.74) is 4.97. The van der Waals surface area contributed by atoms with Gasteiger partial charge in [0.1, 0.15) is 5.75 Å². The van der Waals surface area contributed by atoms with Gasteiger partial charge in [-0.05, 0) is 91.9 Å². The zero-order valence-corrected chi connectivity index (χ0v) is 21.3. The molecule has 2 N–H and O–H groups in total. The van der Waals surface area contributed by atoms with E-state index in [0.717, 1.165) is 28.0 Å². The van der Waals surface area contributed by atoms with Gasteiger partial charge in [-0.15, -0.1) is 0 Å². The second kappa shape index (κ2) is 10.3. The third kappa shape index (κ3) is 5.78. The minimum absolute atomic E-state index is 0.185. The molecule has 0 fully saturated rings. The summed E-state index contributed by atoms with van der Waals surface area (Å²) in [6.07, 6.45) is 0. The van der Waals surface area contributed by atoms with E-state index < -0.39 is 10.0 Å². The summed E-state index contributed by atoms with van der Waals surface area (Å²) in [4.78, 5) is 13.0. The maximum absolute atomic E-state index is 12.9. The van der Waals surface area contributed by atoms with Crippen molar-refractivity contribution in [3.63, 3.8) is 0 Å². The van der Waals surface area contributed by atoms with Crippen molar-refractivity contribution < 1.29 is 17.9 Å². The molecule has 0 saturated carbocycles. The molecule has 6 nitrogen and oxygen atoms in total. The second-order valence-corrected chi connectivity index (χ2v) is 10.5. The van der Waals surface area contributed by atoms with Crippen LogP contribution in [0.3, 0.4) is 0 Å². The summed E-state index contributed by atoms with van der Waals surface area (Å²) < 4.78 is 33.2. The first-order chi connectivity index (χ1) is 16.0. The maximum Gasteiger partial charge on any atom is 0.261 e.